The van der Waals surface area contributed by atoms with Gasteiger partial charge in [-0.15, -0.1) is 12.4 Å². The average molecular weight is 497 g/mol. The Bertz CT molecular complexity index is 1060. The molecule has 1 amide bonds. The van der Waals surface area contributed by atoms with Gasteiger partial charge in [-0.05, 0) is 67.8 Å². The summed E-state index contributed by atoms with van der Waals surface area (Å²) in [5.74, 6) is 0.519. The number of nitro groups is 1. The van der Waals surface area contributed by atoms with Gasteiger partial charge >= 0.3 is 0 Å². The minimum Gasteiger partial charge on any atom is -0.497 e. The molecule has 1 fully saturated rings. The van der Waals surface area contributed by atoms with E-state index in [4.69, 9.17) is 16.3 Å². The van der Waals surface area contributed by atoms with E-state index in [2.05, 4.69) is 4.99 Å². The predicted molar refractivity (Wildman–Crippen MR) is 131 cm³/mol. The van der Waals surface area contributed by atoms with E-state index in [-0.39, 0.29) is 29.0 Å². The molecule has 0 N–H and O–H groups in total. The summed E-state index contributed by atoms with van der Waals surface area (Å²) >= 11 is 7.12. The third-order valence-corrected chi connectivity index (χ3v) is 5.75. The zero-order valence-corrected chi connectivity index (χ0v) is 20.0. The number of nitrogens with zero attached hydrogens (tertiary/aromatic N) is 4. The summed E-state index contributed by atoms with van der Waals surface area (Å²) in [7, 11) is 5.45. The number of hydrogen-bond donors (Lipinski definition) is 0. The molecule has 0 aliphatic carbocycles. The van der Waals surface area contributed by atoms with E-state index in [1.54, 1.807) is 36.3 Å². The molecule has 2 aromatic rings. The zero-order chi connectivity index (χ0) is 22.5. The standard InChI is InChI=1S/C21H21ClN4O4S.ClH/c1-24(2)10-11-25-20(27)19(13-14-4-9-17(22)18(12-14)26(28)29)31-21(25)23-15-5-7-16(30-3)8-6-15;/h4-9,12-13H,10-11H2,1-3H3;1H. The Morgan fingerprint density at radius 2 is 1.94 bits per heavy atom. The van der Waals surface area contributed by atoms with E-state index >= 15 is 0 Å². The molecule has 3 rings (SSSR count). The predicted octanol–water partition coefficient (Wildman–Crippen LogP) is 4.84. The fraction of sp³-hybridized carbons (Fsp3) is 0.238. The molecule has 0 aromatic heterocycles. The van der Waals surface area contributed by atoms with Crippen molar-refractivity contribution in [1.29, 1.82) is 0 Å². The van der Waals surface area contributed by atoms with Gasteiger partial charge in [-0.3, -0.25) is 19.8 Å². The van der Waals surface area contributed by atoms with Crippen LogP contribution in [0.4, 0.5) is 11.4 Å². The van der Waals surface area contributed by atoms with Crippen molar-refractivity contribution in [2.45, 2.75) is 0 Å². The van der Waals surface area contributed by atoms with Gasteiger partial charge in [-0.1, -0.05) is 17.7 Å². The van der Waals surface area contributed by atoms with Crippen LogP contribution in [-0.2, 0) is 4.79 Å². The third-order valence-electron chi connectivity index (χ3n) is 4.42. The number of ether oxygens (including phenoxy) is 1. The first-order valence-electron chi connectivity index (χ1n) is 9.31. The Morgan fingerprint density at radius 1 is 1.25 bits per heavy atom. The highest BCUT2D eigenvalue weighted by atomic mass is 35.5. The fourth-order valence-corrected chi connectivity index (χ4v) is 3.98. The number of hydrogen-bond acceptors (Lipinski definition) is 7. The number of amides is 1. The van der Waals surface area contributed by atoms with Crippen molar-refractivity contribution < 1.29 is 14.5 Å². The normalized spacial score (nSPS) is 16.0. The molecule has 170 valence electrons. The molecule has 0 bridgehead atoms. The van der Waals surface area contributed by atoms with E-state index in [1.165, 1.54) is 23.9 Å². The number of nitro benzene ring substituents is 1. The molecule has 1 aliphatic rings. The minimum absolute atomic E-state index is 0. The van der Waals surface area contributed by atoms with Gasteiger partial charge < -0.3 is 9.64 Å². The van der Waals surface area contributed by atoms with Crippen LogP contribution in [0.25, 0.3) is 6.08 Å². The van der Waals surface area contributed by atoms with E-state index in [0.717, 1.165) is 0 Å². The first-order chi connectivity index (χ1) is 14.8. The maximum absolute atomic E-state index is 13.1. The third kappa shape index (κ3) is 6.23. The molecule has 0 unspecified atom stereocenters. The zero-order valence-electron chi connectivity index (χ0n) is 17.6. The van der Waals surface area contributed by atoms with Gasteiger partial charge in [0.05, 0.1) is 22.6 Å². The van der Waals surface area contributed by atoms with Crippen LogP contribution in [-0.4, -0.2) is 60.1 Å². The van der Waals surface area contributed by atoms with Crippen LogP contribution in [0.2, 0.25) is 5.02 Å². The van der Waals surface area contributed by atoms with Gasteiger partial charge in [-0.2, -0.15) is 0 Å². The highest BCUT2D eigenvalue weighted by molar-refractivity contribution is 8.18. The second-order valence-electron chi connectivity index (χ2n) is 6.93. The topological polar surface area (TPSA) is 88.3 Å². The smallest absolute Gasteiger partial charge is 0.288 e. The van der Waals surface area contributed by atoms with E-state index in [9.17, 15) is 14.9 Å². The number of aliphatic imine (C=N–C) groups is 1. The van der Waals surface area contributed by atoms with Crippen LogP contribution >= 0.6 is 35.8 Å². The molecule has 8 nitrogen and oxygen atoms in total. The minimum atomic E-state index is -0.548. The van der Waals surface area contributed by atoms with Crippen molar-refractivity contribution in [2.24, 2.45) is 4.99 Å². The lowest BCUT2D eigenvalue weighted by Gasteiger charge is -2.18. The van der Waals surface area contributed by atoms with Crippen molar-refractivity contribution in [3.63, 3.8) is 0 Å². The number of halogens is 2. The first kappa shape index (κ1) is 25.7. The summed E-state index contributed by atoms with van der Waals surface area (Å²) in [5.41, 5.74) is 1.00. The number of benzene rings is 2. The average Bonchev–Trinajstić information content (AvgIpc) is 3.02. The summed E-state index contributed by atoms with van der Waals surface area (Å²) in [5, 5.41) is 11.8. The van der Waals surface area contributed by atoms with Gasteiger partial charge in [0.2, 0.25) is 0 Å². The maximum atomic E-state index is 13.1. The van der Waals surface area contributed by atoms with Gasteiger partial charge in [0.25, 0.3) is 11.6 Å². The molecule has 0 spiro atoms. The Kier molecular flexibility index (Phi) is 9.09. The van der Waals surface area contributed by atoms with E-state index in [0.29, 0.717) is 40.2 Å². The molecule has 1 saturated heterocycles. The summed E-state index contributed by atoms with van der Waals surface area (Å²) in [6, 6.07) is 11.7. The largest absolute Gasteiger partial charge is 0.497 e. The Morgan fingerprint density at radius 3 is 2.53 bits per heavy atom. The van der Waals surface area contributed by atoms with Crippen LogP contribution in [0.1, 0.15) is 5.56 Å². The SMILES string of the molecule is COc1ccc(N=C2SC(=Cc3ccc(Cl)c([N+](=O)[O-])c3)C(=O)N2CCN(C)C)cc1.Cl. The molecule has 32 heavy (non-hydrogen) atoms. The molecular formula is C21H22Cl2N4O4S. The molecular weight excluding hydrogens is 475 g/mol. The van der Waals surface area contributed by atoms with Crippen molar-refractivity contribution >= 4 is 64.3 Å². The molecule has 1 aliphatic heterocycles. The highest BCUT2D eigenvalue weighted by Gasteiger charge is 2.33. The number of rotatable bonds is 7. The molecule has 0 atom stereocenters. The van der Waals surface area contributed by atoms with Gasteiger partial charge in [0.1, 0.15) is 10.8 Å². The molecule has 2 aromatic carbocycles. The van der Waals surface area contributed by atoms with Crippen LogP contribution < -0.4 is 4.74 Å². The summed E-state index contributed by atoms with van der Waals surface area (Å²) < 4.78 is 5.17. The molecule has 11 heteroatoms. The number of carbonyl (C=O) groups excluding carboxylic acids is 1. The number of likely N-dealkylation sites (N-methyl/N-ethyl adjacent to an activating group) is 1. The second-order valence-corrected chi connectivity index (χ2v) is 8.35. The second kappa shape index (κ2) is 11.3. The summed E-state index contributed by atoms with van der Waals surface area (Å²) in [6.07, 6.45) is 1.62. The Labute approximate surface area is 201 Å². The van der Waals surface area contributed by atoms with Crippen molar-refractivity contribution in [3.05, 3.63) is 68.1 Å². The summed E-state index contributed by atoms with van der Waals surface area (Å²) in [6.45, 7) is 1.12. The highest BCUT2D eigenvalue weighted by Crippen LogP contribution is 2.35. The van der Waals surface area contributed by atoms with Gasteiger partial charge in [0.15, 0.2) is 5.17 Å². The van der Waals surface area contributed by atoms with Gasteiger partial charge in [-0.25, -0.2) is 4.99 Å². The first-order valence-corrected chi connectivity index (χ1v) is 10.5. The monoisotopic (exact) mass is 496 g/mol. The lowest BCUT2D eigenvalue weighted by atomic mass is 10.2. The number of amidine groups is 1. The van der Waals surface area contributed by atoms with Crippen molar-refractivity contribution in [3.8, 4) is 5.75 Å². The van der Waals surface area contributed by atoms with E-state index in [1.807, 2.05) is 31.1 Å². The maximum Gasteiger partial charge on any atom is 0.288 e. The Balaban J connectivity index is 0.00000363. The van der Waals surface area contributed by atoms with E-state index < -0.39 is 4.92 Å². The lowest BCUT2D eigenvalue weighted by Crippen LogP contribution is -2.35. The molecule has 0 saturated carbocycles. The molecule has 0 radical (unpaired) electrons. The number of thioether (sulfide) groups is 1. The number of methoxy groups -OCH3 is 1. The summed E-state index contributed by atoms with van der Waals surface area (Å²) in [4.78, 5) is 32.3. The van der Waals surface area contributed by atoms with Crippen molar-refractivity contribution in [2.75, 3.05) is 34.3 Å². The molecule has 1 heterocycles. The number of carbonyl (C=O) groups is 1. The van der Waals surface area contributed by atoms with Crippen LogP contribution in [0, 0.1) is 10.1 Å². The fourth-order valence-electron chi connectivity index (χ4n) is 2.77. The van der Waals surface area contributed by atoms with Crippen LogP contribution in [0.5, 0.6) is 5.75 Å². The van der Waals surface area contributed by atoms with Gasteiger partial charge in [0, 0.05) is 19.2 Å². The van der Waals surface area contributed by atoms with Crippen LogP contribution in [0.3, 0.4) is 0 Å². The Hall–Kier alpha value is -2.59. The lowest BCUT2D eigenvalue weighted by molar-refractivity contribution is -0.384. The van der Waals surface area contributed by atoms with Crippen LogP contribution in [0.15, 0.2) is 52.4 Å². The van der Waals surface area contributed by atoms with Crippen molar-refractivity contribution in [1.82, 2.24) is 9.80 Å². The quantitative estimate of drug-likeness (QED) is 0.309.